The van der Waals surface area contributed by atoms with Crippen molar-refractivity contribution in [3.63, 3.8) is 0 Å². The molecule has 0 spiro atoms. The Bertz CT molecular complexity index is 92.1. The second kappa shape index (κ2) is 1.21. The van der Waals surface area contributed by atoms with Crippen molar-refractivity contribution in [2.75, 3.05) is 0 Å². The lowest BCUT2D eigenvalue weighted by molar-refractivity contribution is -0.653. The van der Waals surface area contributed by atoms with E-state index in [0.717, 1.165) is 17.0 Å². The van der Waals surface area contributed by atoms with E-state index in [1.54, 1.807) is 0 Å². The van der Waals surface area contributed by atoms with E-state index in [1.165, 1.54) is 0 Å². The molecule has 0 aliphatic carbocycles. The molecule has 6 heteroatoms. The average molecular weight is 104 g/mol. The van der Waals surface area contributed by atoms with Crippen LogP contribution in [0.4, 0.5) is 0 Å². The van der Waals surface area contributed by atoms with E-state index in [1.807, 2.05) is 0 Å². The molecule has 2 N–H and O–H groups in total. The molecule has 1 rings (SSSR count). The predicted octanol–water partition coefficient (Wildman–Crippen LogP) is 0.478. The van der Waals surface area contributed by atoms with Gasteiger partial charge in [-0.25, -0.2) is 0 Å². The fourth-order valence-corrected chi connectivity index (χ4v) is 0.390. The van der Waals surface area contributed by atoms with Crippen molar-refractivity contribution < 1.29 is 4.92 Å². The lowest BCUT2D eigenvalue weighted by atomic mass is 12.4. The fraction of sp³-hybridized carbons (Fsp3) is 0. The maximum absolute atomic E-state index is 6.57. The van der Waals surface area contributed by atoms with Crippen LogP contribution in [-0.2, 0) is 0 Å². The van der Waals surface area contributed by atoms with Gasteiger partial charge in [-0.1, -0.05) is 5.53 Å². The minimum atomic E-state index is 0.782. The zero-order valence-corrected chi connectivity index (χ0v) is 3.57. The van der Waals surface area contributed by atoms with Crippen LogP contribution in [-0.4, -0.2) is 4.92 Å². The first-order chi connectivity index (χ1) is 2.89. The second-order valence-electron chi connectivity index (χ2n) is 0.665. The van der Waals surface area contributed by atoms with Gasteiger partial charge in [-0.3, -0.25) is 0 Å². The second-order valence-corrected chi connectivity index (χ2v) is 1.19. The van der Waals surface area contributed by atoms with Crippen LogP contribution < -0.4 is 4.83 Å². The Morgan fingerprint density at radius 2 is 2.67 bits per heavy atom. The van der Waals surface area contributed by atoms with E-state index in [9.17, 15) is 0 Å². The molecule has 0 bridgehead atoms. The Morgan fingerprint density at radius 3 is 2.83 bits per heavy atom. The molecule has 1 aliphatic rings. The van der Waals surface area contributed by atoms with Gasteiger partial charge < -0.3 is 0 Å². The standard InChI is InChI=1S/H2N5S/c1-5-2-3-6-4-5/h(H2,1,4)/q+1. The molecule has 32 valence electrons. The fourth-order valence-electron chi connectivity index (χ4n) is 0.130. The van der Waals surface area contributed by atoms with Crippen molar-refractivity contribution in [2.24, 2.45) is 9.74 Å². The normalized spacial score (nSPS) is 18.3. The van der Waals surface area contributed by atoms with Gasteiger partial charge in [0.1, 0.15) is 4.52 Å². The van der Waals surface area contributed by atoms with Gasteiger partial charge in [0.2, 0.25) is 0 Å². The highest BCUT2D eigenvalue weighted by Gasteiger charge is 2.07. The van der Waals surface area contributed by atoms with E-state index in [2.05, 4.69) is 14.6 Å². The quantitative estimate of drug-likeness (QED) is 0.346. The summed E-state index contributed by atoms with van der Waals surface area (Å²) in [7, 11) is 0. The van der Waals surface area contributed by atoms with Crippen molar-refractivity contribution >= 4 is 12.1 Å². The summed E-state index contributed by atoms with van der Waals surface area (Å²) in [6.07, 6.45) is 0. The van der Waals surface area contributed by atoms with Crippen molar-refractivity contribution in [3.05, 3.63) is 0 Å². The first-order valence-corrected chi connectivity index (χ1v) is 2.01. The number of nitrogens with zero attached hydrogens (tertiary/aromatic N) is 3. The highest BCUT2D eigenvalue weighted by molar-refractivity contribution is 7.95. The van der Waals surface area contributed by atoms with Crippen LogP contribution in [0.15, 0.2) is 9.74 Å². The Balaban J connectivity index is 2.59. The summed E-state index contributed by atoms with van der Waals surface area (Å²) in [6.45, 7) is 0. The van der Waals surface area contributed by atoms with Gasteiger partial charge in [0.25, 0.3) is 12.1 Å². The summed E-state index contributed by atoms with van der Waals surface area (Å²) in [5.74, 6) is 0. The van der Waals surface area contributed by atoms with Gasteiger partial charge in [-0.15, -0.1) is 4.83 Å². The minimum absolute atomic E-state index is 0.782. The van der Waals surface area contributed by atoms with Gasteiger partial charge in [-0.05, 0) is 0 Å². The molecular formula is H2N5S+. The molecule has 0 saturated heterocycles. The lowest BCUT2D eigenvalue weighted by Crippen LogP contribution is -2.05. The van der Waals surface area contributed by atoms with Gasteiger partial charge >= 0.3 is 0 Å². The molecule has 0 unspecified atom stereocenters. The summed E-state index contributed by atoms with van der Waals surface area (Å²) in [4.78, 5) is 3.19. The Hall–Kier alpha value is -0.650. The number of hydrogen-bond donors (Lipinski definition) is 2. The predicted molar refractivity (Wildman–Crippen MR) is 18.6 cm³/mol. The maximum Gasteiger partial charge on any atom is 0.297 e. The molecule has 0 aromatic heterocycles. The zero-order valence-electron chi connectivity index (χ0n) is 2.75. The van der Waals surface area contributed by atoms with E-state index in [0.29, 0.717) is 0 Å². The first kappa shape index (κ1) is 3.54. The third-order valence-corrected chi connectivity index (χ3v) is 0.703. The Morgan fingerprint density at radius 1 is 1.83 bits per heavy atom. The van der Waals surface area contributed by atoms with E-state index >= 15 is 0 Å². The first-order valence-electron chi connectivity index (χ1n) is 1.23. The number of rotatable bonds is 0. The molecule has 1 heterocycles. The monoisotopic (exact) mass is 104 g/mol. The summed E-state index contributed by atoms with van der Waals surface area (Å²) >= 11 is 1.03. The summed E-state index contributed by atoms with van der Waals surface area (Å²) in [5, 5.41) is 3.21. The van der Waals surface area contributed by atoms with E-state index < -0.39 is 0 Å². The van der Waals surface area contributed by atoms with E-state index in [-0.39, 0.29) is 0 Å². The Labute approximate surface area is 38.1 Å². The Kier molecular flexibility index (Phi) is 0.714. The summed E-state index contributed by atoms with van der Waals surface area (Å²) in [6, 6.07) is 0. The molecule has 0 aromatic rings. The molecular weight excluding hydrogens is 102 g/mol. The minimum Gasteiger partial charge on any atom is -0.109 e. The highest BCUT2D eigenvalue weighted by atomic mass is 32.2. The highest BCUT2D eigenvalue weighted by Crippen LogP contribution is 2.01. The third kappa shape index (κ3) is 0.459. The van der Waals surface area contributed by atoms with Crippen LogP contribution in [0.5, 0.6) is 0 Å². The molecule has 0 radical (unpaired) electrons. The lowest BCUT2D eigenvalue weighted by Gasteiger charge is -1.69. The molecule has 0 aromatic carbocycles. The van der Waals surface area contributed by atoms with Gasteiger partial charge in [-0.2, -0.15) is 0 Å². The van der Waals surface area contributed by atoms with Gasteiger partial charge in [0, 0.05) is 0 Å². The van der Waals surface area contributed by atoms with Crippen LogP contribution in [0.2, 0.25) is 0 Å². The molecule has 0 amide bonds. The van der Waals surface area contributed by atoms with Crippen molar-refractivity contribution in [3.8, 4) is 0 Å². The van der Waals surface area contributed by atoms with Crippen LogP contribution >= 0.6 is 12.1 Å². The summed E-state index contributed by atoms with van der Waals surface area (Å²) < 4.78 is 3.33. The number of hydrazine groups is 1. The van der Waals surface area contributed by atoms with Crippen molar-refractivity contribution in [2.45, 2.75) is 0 Å². The molecule has 5 nitrogen and oxygen atoms in total. The van der Waals surface area contributed by atoms with Crippen molar-refractivity contribution in [1.29, 1.82) is 5.53 Å². The van der Waals surface area contributed by atoms with Crippen LogP contribution in [0.3, 0.4) is 0 Å². The topological polar surface area (TPSA) is 63.6 Å². The maximum atomic E-state index is 6.57. The largest absolute Gasteiger partial charge is 0.297 e. The zero-order chi connectivity index (χ0) is 4.41. The van der Waals surface area contributed by atoms with Crippen LogP contribution in [0.1, 0.15) is 0 Å². The molecule has 0 atom stereocenters. The number of nitrogens with one attached hydrogen (secondary N) is 2. The van der Waals surface area contributed by atoms with Gasteiger partial charge in [0.15, 0.2) is 5.22 Å². The molecule has 1 aliphatic heterocycles. The third-order valence-electron chi connectivity index (χ3n) is 0.294. The van der Waals surface area contributed by atoms with Crippen LogP contribution in [0.25, 0.3) is 0 Å². The SMILES string of the molecule is N=[N+]1N=NSN1. The van der Waals surface area contributed by atoms with Crippen molar-refractivity contribution in [1.82, 2.24) is 4.83 Å². The smallest absolute Gasteiger partial charge is 0.109 e. The van der Waals surface area contributed by atoms with Gasteiger partial charge in [0.05, 0.1) is 4.92 Å². The van der Waals surface area contributed by atoms with E-state index in [4.69, 9.17) is 5.53 Å². The molecule has 0 saturated carbocycles. The van der Waals surface area contributed by atoms with Crippen LogP contribution in [0, 0.1) is 5.53 Å². The summed E-state index contributed by atoms with van der Waals surface area (Å²) in [5.41, 5.74) is 6.57. The number of hydrogen-bond acceptors (Lipinski definition) is 3. The molecule has 0 fully saturated rings. The average Bonchev–Trinajstić information content (AvgIpc) is 1.86. The molecule has 6 heavy (non-hydrogen) atoms.